The zero-order valence-electron chi connectivity index (χ0n) is 13.3. The first kappa shape index (κ1) is 16.5. The van der Waals surface area contributed by atoms with Crippen LogP contribution in [0, 0.1) is 6.92 Å². The number of aryl methyl sites for hydroxylation is 1. The first-order chi connectivity index (χ1) is 9.29. The molecule has 4 heteroatoms. The monoisotopic (exact) mass is 278 g/mol. The van der Waals surface area contributed by atoms with Gasteiger partial charge in [-0.25, -0.2) is 0 Å². The Morgan fingerprint density at radius 3 is 2.60 bits per heavy atom. The molecule has 4 nitrogen and oxygen atoms in total. The molecule has 1 atom stereocenters. The SMILES string of the molecule is CNC(=O)c1ccc(C)c(NC(C)CC(C)(C)OC)c1. The van der Waals surface area contributed by atoms with Crippen LogP contribution in [0.3, 0.4) is 0 Å². The first-order valence-corrected chi connectivity index (χ1v) is 6.93. The second-order valence-corrected chi connectivity index (χ2v) is 5.82. The fraction of sp³-hybridized carbons (Fsp3) is 0.562. The lowest BCUT2D eigenvalue weighted by molar-refractivity contribution is 0.0128. The highest BCUT2D eigenvalue weighted by molar-refractivity contribution is 5.95. The Labute approximate surface area is 121 Å². The van der Waals surface area contributed by atoms with E-state index >= 15 is 0 Å². The van der Waals surface area contributed by atoms with Crippen LogP contribution in [0.25, 0.3) is 0 Å². The summed E-state index contributed by atoms with van der Waals surface area (Å²) in [5.74, 6) is -0.0714. The summed E-state index contributed by atoms with van der Waals surface area (Å²) < 4.78 is 5.45. The number of benzene rings is 1. The number of ether oxygens (including phenoxy) is 1. The quantitative estimate of drug-likeness (QED) is 0.841. The molecule has 1 rings (SSSR count). The zero-order valence-corrected chi connectivity index (χ0v) is 13.3. The van der Waals surface area contributed by atoms with Gasteiger partial charge < -0.3 is 15.4 Å². The molecule has 1 amide bonds. The van der Waals surface area contributed by atoms with Crippen LogP contribution in [0.4, 0.5) is 5.69 Å². The maximum Gasteiger partial charge on any atom is 0.251 e. The fourth-order valence-electron chi connectivity index (χ4n) is 2.20. The smallest absolute Gasteiger partial charge is 0.251 e. The summed E-state index contributed by atoms with van der Waals surface area (Å²) >= 11 is 0. The second-order valence-electron chi connectivity index (χ2n) is 5.82. The molecule has 0 heterocycles. The summed E-state index contributed by atoms with van der Waals surface area (Å²) in [5.41, 5.74) is 2.61. The third-order valence-corrected chi connectivity index (χ3v) is 3.48. The van der Waals surface area contributed by atoms with Crippen LogP contribution in [0.1, 0.15) is 43.1 Å². The van der Waals surface area contributed by atoms with Gasteiger partial charge in [0, 0.05) is 31.5 Å². The molecule has 0 fully saturated rings. The van der Waals surface area contributed by atoms with Crippen molar-refractivity contribution in [2.45, 2.75) is 45.8 Å². The molecule has 112 valence electrons. The van der Waals surface area contributed by atoms with Crippen molar-refractivity contribution >= 4 is 11.6 Å². The number of amides is 1. The predicted octanol–water partition coefficient (Wildman–Crippen LogP) is 2.97. The van der Waals surface area contributed by atoms with Crippen LogP contribution in [-0.4, -0.2) is 31.7 Å². The number of hydrogen-bond acceptors (Lipinski definition) is 3. The molecule has 0 aromatic heterocycles. The number of carbonyl (C=O) groups excluding carboxylic acids is 1. The normalized spacial score (nSPS) is 12.9. The number of nitrogens with one attached hydrogen (secondary N) is 2. The van der Waals surface area contributed by atoms with E-state index < -0.39 is 0 Å². The van der Waals surface area contributed by atoms with Crippen molar-refractivity contribution in [3.8, 4) is 0 Å². The van der Waals surface area contributed by atoms with Gasteiger partial charge in [-0.3, -0.25) is 4.79 Å². The Hall–Kier alpha value is -1.55. The number of rotatable bonds is 6. The van der Waals surface area contributed by atoms with Crippen LogP contribution in [0.5, 0.6) is 0 Å². The van der Waals surface area contributed by atoms with Gasteiger partial charge in [-0.05, 0) is 51.8 Å². The van der Waals surface area contributed by atoms with E-state index in [0.29, 0.717) is 5.56 Å². The molecular formula is C16H26N2O2. The zero-order chi connectivity index (χ0) is 15.3. The van der Waals surface area contributed by atoms with Crippen molar-refractivity contribution < 1.29 is 9.53 Å². The summed E-state index contributed by atoms with van der Waals surface area (Å²) in [7, 11) is 3.36. The van der Waals surface area contributed by atoms with Gasteiger partial charge in [0.1, 0.15) is 0 Å². The highest BCUT2D eigenvalue weighted by Gasteiger charge is 2.20. The Kier molecular flexibility index (Phi) is 5.57. The van der Waals surface area contributed by atoms with Crippen molar-refractivity contribution in [2.24, 2.45) is 0 Å². The maximum absolute atomic E-state index is 11.7. The molecule has 0 aliphatic carbocycles. The van der Waals surface area contributed by atoms with E-state index in [1.807, 2.05) is 25.1 Å². The van der Waals surface area contributed by atoms with E-state index in [2.05, 4.69) is 31.4 Å². The molecular weight excluding hydrogens is 252 g/mol. The van der Waals surface area contributed by atoms with Gasteiger partial charge >= 0.3 is 0 Å². The largest absolute Gasteiger partial charge is 0.382 e. The molecule has 0 saturated carbocycles. The highest BCUT2D eigenvalue weighted by atomic mass is 16.5. The maximum atomic E-state index is 11.7. The minimum atomic E-state index is -0.168. The van der Waals surface area contributed by atoms with E-state index in [1.165, 1.54) is 0 Å². The van der Waals surface area contributed by atoms with Gasteiger partial charge in [-0.2, -0.15) is 0 Å². The lowest BCUT2D eigenvalue weighted by atomic mass is 9.99. The van der Waals surface area contributed by atoms with Gasteiger partial charge in [0.05, 0.1) is 5.60 Å². The number of anilines is 1. The molecule has 0 spiro atoms. The van der Waals surface area contributed by atoms with Gasteiger partial charge in [-0.15, -0.1) is 0 Å². The van der Waals surface area contributed by atoms with Crippen LogP contribution in [0.15, 0.2) is 18.2 Å². The Morgan fingerprint density at radius 2 is 2.05 bits per heavy atom. The van der Waals surface area contributed by atoms with Crippen molar-refractivity contribution in [1.29, 1.82) is 0 Å². The van der Waals surface area contributed by atoms with Crippen molar-refractivity contribution in [1.82, 2.24) is 5.32 Å². The average Bonchev–Trinajstić information content (AvgIpc) is 2.39. The molecule has 1 aromatic carbocycles. The van der Waals surface area contributed by atoms with Gasteiger partial charge in [0.2, 0.25) is 0 Å². The number of carbonyl (C=O) groups is 1. The third kappa shape index (κ3) is 4.53. The van der Waals surface area contributed by atoms with Gasteiger partial charge in [0.15, 0.2) is 0 Å². The van der Waals surface area contributed by atoms with Crippen LogP contribution in [-0.2, 0) is 4.74 Å². The standard InChI is InChI=1S/C16H26N2O2/c1-11-7-8-13(15(19)17-5)9-14(11)18-12(2)10-16(3,4)20-6/h7-9,12,18H,10H2,1-6H3,(H,17,19). The van der Waals surface area contributed by atoms with E-state index in [9.17, 15) is 4.79 Å². The average molecular weight is 278 g/mol. The molecule has 20 heavy (non-hydrogen) atoms. The molecule has 0 bridgehead atoms. The third-order valence-electron chi connectivity index (χ3n) is 3.48. The van der Waals surface area contributed by atoms with Gasteiger partial charge in [0.25, 0.3) is 5.91 Å². The lowest BCUT2D eigenvalue weighted by Crippen LogP contribution is -2.31. The fourth-order valence-corrected chi connectivity index (χ4v) is 2.20. The molecule has 0 radical (unpaired) electrons. The lowest BCUT2D eigenvalue weighted by Gasteiger charge is -2.28. The van der Waals surface area contributed by atoms with E-state index in [4.69, 9.17) is 4.74 Å². The summed E-state index contributed by atoms with van der Waals surface area (Å²) in [6.45, 7) is 8.29. The molecule has 1 aromatic rings. The minimum absolute atomic E-state index is 0.0714. The molecule has 1 unspecified atom stereocenters. The molecule has 2 N–H and O–H groups in total. The first-order valence-electron chi connectivity index (χ1n) is 6.93. The minimum Gasteiger partial charge on any atom is -0.382 e. The Morgan fingerprint density at radius 1 is 1.40 bits per heavy atom. The van der Waals surface area contributed by atoms with Gasteiger partial charge in [-0.1, -0.05) is 6.07 Å². The predicted molar refractivity (Wildman–Crippen MR) is 83.4 cm³/mol. The summed E-state index contributed by atoms with van der Waals surface area (Å²) in [6.07, 6.45) is 0.882. The van der Waals surface area contributed by atoms with E-state index in [0.717, 1.165) is 17.7 Å². The number of methoxy groups -OCH3 is 1. The number of hydrogen-bond donors (Lipinski definition) is 2. The van der Waals surface area contributed by atoms with Crippen molar-refractivity contribution in [3.63, 3.8) is 0 Å². The Bertz CT molecular complexity index is 470. The highest BCUT2D eigenvalue weighted by Crippen LogP contribution is 2.22. The van der Waals surface area contributed by atoms with Crippen LogP contribution >= 0.6 is 0 Å². The molecule has 0 saturated heterocycles. The van der Waals surface area contributed by atoms with Crippen molar-refractivity contribution in [2.75, 3.05) is 19.5 Å². The second kappa shape index (κ2) is 6.75. The van der Waals surface area contributed by atoms with Crippen LogP contribution < -0.4 is 10.6 Å². The molecule has 0 aliphatic rings. The topological polar surface area (TPSA) is 50.4 Å². The van der Waals surface area contributed by atoms with Crippen molar-refractivity contribution in [3.05, 3.63) is 29.3 Å². The summed E-state index contributed by atoms with van der Waals surface area (Å²) in [5, 5.41) is 6.10. The summed E-state index contributed by atoms with van der Waals surface area (Å²) in [4.78, 5) is 11.7. The van der Waals surface area contributed by atoms with E-state index in [-0.39, 0.29) is 17.6 Å². The van der Waals surface area contributed by atoms with Crippen LogP contribution in [0.2, 0.25) is 0 Å². The Balaban J connectivity index is 2.83. The molecule has 0 aliphatic heterocycles. The van der Waals surface area contributed by atoms with E-state index in [1.54, 1.807) is 14.2 Å². The summed E-state index contributed by atoms with van der Waals surface area (Å²) in [6, 6.07) is 5.94.